The van der Waals surface area contributed by atoms with Crippen LogP contribution in [0.2, 0.25) is 0 Å². The molecule has 0 bridgehead atoms. The molecule has 9 heteroatoms. The molecule has 2 aliphatic rings. The molecule has 5 aromatic rings. The second-order valence-electron chi connectivity index (χ2n) is 11.8. The molecule has 0 aliphatic carbocycles. The molecular formula is C37H37N3O5S. The van der Waals surface area contributed by atoms with Crippen LogP contribution < -0.4 is 10.5 Å². The second kappa shape index (κ2) is 13.8. The molecule has 0 saturated carbocycles. The Morgan fingerprint density at radius 3 is 2.48 bits per heavy atom. The van der Waals surface area contributed by atoms with Gasteiger partial charge in [-0.3, -0.25) is 4.79 Å². The summed E-state index contributed by atoms with van der Waals surface area (Å²) in [7, 11) is 0. The Morgan fingerprint density at radius 1 is 0.978 bits per heavy atom. The molecule has 1 amide bonds. The molecule has 0 spiro atoms. The molecule has 0 unspecified atom stereocenters. The van der Waals surface area contributed by atoms with Gasteiger partial charge in [-0.2, -0.15) is 9.59 Å². The number of hydrogen-bond donors (Lipinski definition) is 0. The molecule has 0 atom stereocenters. The Morgan fingerprint density at radius 2 is 1.72 bits per heavy atom. The molecule has 8 nitrogen and oxygen atoms in total. The fourth-order valence-corrected chi connectivity index (χ4v) is 7.96. The number of aryl methyl sites for hydroxylation is 2. The highest BCUT2D eigenvalue weighted by Crippen LogP contribution is 2.46. The number of amides is 1. The van der Waals surface area contributed by atoms with E-state index in [1.54, 1.807) is 0 Å². The minimum absolute atomic E-state index is 0.00742. The number of carbonyl (C=O) groups excluding carboxylic acids is 3. The van der Waals surface area contributed by atoms with Crippen LogP contribution >= 0.6 is 11.3 Å². The van der Waals surface area contributed by atoms with Gasteiger partial charge in [0.1, 0.15) is 16.2 Å². The molecule has 7 rings (SSSR count). The Balaban J connectivity index is 0.00000119. The van der Waals surface area contributed by atoms with Crippen molar-refractivity contribution in [2.24, 2.45) is 0 Å². The third-order valence-corrected chi connectivity index (χ3v) is 9.94. The Bertz CT molecular complexity index is 1970. The first kappa shape index (κ1) is 31.4. The van der Waals surface area contributed by atoms with Crippen molar-refractivity contribution < 1.29 is 18.8 Å². The van der Waals surface area contributed by atoms with Crippen LogP contribution in [0, 0.1) is 0 Å². The summed E-state index contributed by atoms with van der Waals surface area (Å²) in [5, 5.41) is 1.53. The molecule has 0 fully saturated rings. The summed E-state index contributed by atoms with van der Waals surface area (Å²) in [5.74, 6) is 0.00742. The molecular weight excluding hydrogens is 598 g/mol. The summed E-state index contributed by atoms with van der Waals surface area (Å²) >= 11 is 1.50. The summed E-state index contributed by atoms with van der Waals surface area (Å²) < 4.78 is 7.32. The van der Waals surface area contributed by atoms with E-state index in [9.17, 15) is 9.59 Å². The van der Waals surface area contributed by atoms with Crippen molar-refractivity contribution in [3.63, 3.8) is 0 Å². The van der Waals surface area contributed by atoms with E-state index in [-0.39, 0.29) is 12.1 Å². The van der Waals surface area contributed by atoms with Crippen LogP contribution in [0.4, 0.5) is 5.69 Å². The van der Waals surface area contributed by atoms with Gasteiger partial charge in [0.15, 0.2) is 0 Å². The van der Waals surface area contributed by atoms with E-state index >= 15 is 0 Å². The Kier molecular flexibility index (Phi) is 9.43. The fourth-order valence-electron chi connectivity index (χ4n) is 6.96. The van der Waals surface area contributed by atoms with Crippen LogP contribution in [0.25, 0.3) is 42.9 Å². The maximum Gasteiger partial charge on any atom is 0.373 e. The summed E-state index contributed by atoms with van der Waals surface area (Å²) in [6.07, 6.45) is 7.11. The van der Waals surface area contributed by atoms with Crippen molar-refractivity contribution in [2.45, 2.75) is 58.8 Å². The van der Waals surface area contributed by atoms with Gasteiger partial charge in [0.25, 0.3) is 5.91 Å². The first-order chi connectivity index (χ1) is 22.5. The zero-order valence-electron chi connectivity index (χ0n) is 26.3. The lowest BCUT2D eigenvalue weighted by Gasteiger charge is -2.37. The lowest BCUT2D eigenvalue weighted by Crippen LogP contribution is -2.34. The molecule has 0 N–H and O–H groups in total. The van der Waals surface area contributed by atoms with Crippen molar-refractivity contribution >= 4 is 50.3 Å². The molecule has 2 aromatic heterocycles. The number of nitrogens with zero attached hydrogens (tertiary/aromatic N) is 3. The monoisotopic (exact) mass is 635 g/mol. The average Bonchev–Trinajstić information content (AvgIpc) is 3.51. The van der Waals surface area contributed by atoms with E-state index in [1.807, 2.05) is 53.4 Å². The number of thiazole rings is 1. The van der Waals surface area contributed by atoms with E-state index in [2.05, 4.69) is 24.8 Å². The van der Waals surface area contributed by atoms with E-state index in [0.717, 1.165) is 90.3 Å². The smallest absolute Gasteiger partial charge is 0.373 e. The van der Waals surface area contributed by atoms with Crippen molar-refractivity contribution in [3.8, 4) is 21.7 Å². The van der Waals surface area contributed by atoms with Crippen LogP contribution in [0.5, 0.6) is 0 Å². The SMILES string of the molecule is CCCCN(CCC)C(=O)c1ccccc1-c1c(-c2nc3ccccc3s2)c(=O)oc2c3c4c(cc12)CCCN4CCC3.O=C=O. The van der Waals surface area contributed by atoms with Crippen LogP contribution in [0.3, 0.4) is 0 Å². The predicted octanol–water partition coefficient (Wildman–Crippen LogP) is 7.50. The van der Waals surface area contributed by atoms with E-state index in [4.69, 9.17) is 19.0 Å². The summed E-state index contributed by atoms with van der Waals surface area (Å²) in [6.45, 7) is 7.74. The molecule has 236 valence electrons. The quantitative estimate of drug-likeness (QED) is 0.163. The number of aromatic nitrogens is 1. The minimum Gasteiger partial charge on any atom is -0.422 e. The van der Waals surface area contributed by atoms with E-state index in [1.165, 1.54) is 22.6 Å². The highest BCUT2D eigenvalue weighted by Gasteiger charge is 2.31. The number of anilines is 1. The number of fused-ring (bicyclic) bond motifs is 3. The van der Waals surface area contributed by atoms with Crippen LogP contribution in [0.1, 0.15) is 67.4 Å². The minimum atomic E-state index is -0.399. The van der Waals surface area contributed by atoms with E-state index in [0.29, 0.717) is 34.8 Å². The number of hydrogen-bond acceptors (Lipinski definition) is 8. The molecule has 0 saturated heterocycles. The number of para-hydroxylation sites is 1. The Hall–Kier alpha value is -4.59. The van der Waals surface area contributed by atoms with Crippen molar-refractivity contribution in [1.82, 2.24) is 9.88 Å². The van der Waals surface area contributed by atoms with Crippen molar-refractivity contribution in [2.75, 3.05) is 31.1 Å². The number of carbonyl (C=O) groups is 1. The maximum atomic E-state index is 14.3. The van der Waals surface area contributed by atoms with Gasteiger partial charge in [-0.25, -0.2) is 9.78 Å². The van der Waals surface area contributed by atoms with Gasteiger partial charge >= 0.3 is 11.8 Å². The zero-order chi connectivity index (χ0) is 32.2. The molecule has 4 heterocycles. The van der Waals surface area contributed by atoms with E-state index < -0.39 is 5.63 Å². The maximum absolute atomic E-state index is 14.3. The Labute approximate surface area is 271 Å². The van der Waals surface area contributed by atoms with Gasteiger partial charge in [-0.15, -0.1) is 11.3 Å². The topological polar surface area (TPSA) is 101 Å². The number of benzene rings is 3. The summed E-state index contributed by atoms with van der Waals surface area (Å²) in [6, 6.07) is 18.0. The third-order valence-electron chi connectivity index (χ3n) is 8.89. The van der Waals surface area contributed by atoms with Crippen LogP contribution in [0.15, 0.2) is 63.8 Å². The fraction of sp³-hybridized carbons (Fsp3) is 0.351. The largest absolute Gasteiger partial charge is 0.422 e. The third kappa shape index (κ3) is 5.77. The highest BCUT2D eigenvalue weighted by molar-refractivity contribution is 7.21. The van der Waals surface area contributed by atoms with Crippen LogP contribution in [-0.4, -0.2) is 48.1 Å². The highest BCUT2D eigenvalue weighted by atomic mass is 32.1. The van der Waals surface area contributed by atoms with Gasteiger partial charge in [0, 0.05) is 53.9 Å². The number of unbranched alkanes of at least 4 members (excludes halogenated alkanes) is 1. The van der Waals surface area contributed by atoms with Gasteiger partial charge < -0.3 is 14.2 Å². The normalized spacial score (nSPS) is 13.6. The van der Waals surface area contributed by atoms with Crippen molar-refractivity contribution in [1.29, 1.82) is 0 Å². The van der Waals surface area contributed by atoms with Gasteiger partial charge in [-0.1, -0.05) is 50.6 Å². The average molecular weight is 636 g/mol. The lowest BCUT2D eigenvalue weighted by atomic mass is 9.86. The molecule has 2 aliphatic heterocycles. The zero-order valence-corrected chi connectivity index (χ0v) is 27.1. The van der Waals surface area contributed by atoms with Gasteiger partial charge in [0.2, 0.25) is 0 Å². The lowest BCUT2D eigenvalue weighted by molar-refractivity contribution is -0.191. The van der Waals surface area contributed by atoms with Gasteiger partial charge in [0.05, 0.1) is 10.2 Å². The standard InChI is InChI=1S/C36H37N3O3S.CO2/c1-3-5-19-39(18-4-2)35(40)25-14-7-6-13-24(25)30-27-22-23-12-10-20-38-21-11-15-26(32(23)38)33(27)42-36(41)31(30)34-37-28-16-8-9-17-29(28)43-34;2-1-3/h6-9,13-14,16-17,22H,3-5,10-12,15,18-21H2,1-2H3;. The van der Waals surface area contributed by atoms with Crippen molar-refractivity contribution in [3.05, 3.63) is 81.7 Å². The molecule has 3 aromatic carbocycles. The summed E-state index contributed by atoms with van der Waals surface area (Å²) in [5.41, 5.74) is 7.40. The molecule has 46 heavy (non-hydrogen) atoms. The first-order valence-corrected chi connectivity index (χ1v) is 17.0. The molecule has 0 radical (unpaired) electrons. The second-order valence-corrected chi connectivity index (χ2v) is 12.9. The van der Waals surface area contributed by atoms with Gasteiger partial charge in [-0.05, 0) is 73.9 Å². The number of rotatable bonds is 8. The summed E-state index contributed by atoms with van der Waals surface area (Å²) in [4.78, 5) is 54.1. The van der Waals surface area contributed by atoms with Crippen LogP contribution in [-0.2, 0) is 22.4 Å². The predicted molar refractivity (Wildman–Crippen MR) is 181 cm³/mol. The first-order valence-electron chi connectivity index (χ1n) is 16.1.